The molecule has 1 aromatic rings. The quantitative estimate of drug-likeness (QED) is 0.852. The first kappa shape index (κ1) is 16.1. The molecule has 0 aromatic heterocycles. The standard InChI is InChI=1S/C12H16BrNO4S/c1-7(2)11(12(15)16)14-19(17,18)9-4-5-10(13)8(3)6-9/h4-7,11,14H,1-3H3,(H,15,16)/t11-/m0/s1. The first-order valence-electron chi connectivity index (χ1n) is 5.66. The van der Waals surface area contributed by atoms with Crippen LogP contribution in [0.3, 0.4) is 0 Å². The van der Waals surface area contributed by atoms with E-state index in [0.717, 1.165) is 10.0 Å². The third-order valence-electron chi connectivity index (χ3n) is 2.65. The summed E-state index contributed by atoms with van der Waals surface area (Å²) in [6.45, 7) is 5.06. The van der Waals surface area contributed by atoms with Crippen molar-refractivity contribution in [2.75, 3.05) is 0 Å². The van der Waals surface area contributed by atoms with Crippen molar-refractivity contribution in [3.05, 3.63) is 28.2 Å². The van der Waals surface area contributed by atoms with E-state index in [4.69, 9.17) is 5.11 Å². The summed E-state index contributed by atoms with van der Waals surface area (Å²) < 4.78 is 27.3. The lowest BCUT2D eigenvalue weighted by atomic mass is 10.1. The van der Waals surface area contributed by atoms with Crippen LogP contribution in [0, 0.1) is 12.8 Å². The van der Waals surface area contributed by atoms with E-state index < -0.39 is 22.0 Å². The van der Waals surface area contributed by atoms with Crippen LogP contribution in [0.15, 0.2) is 27.6 Å². The molecular formula is C12H16BrNO4S. The van der Waals surface area contributed by atoms with E-state index in [-0.39, 0.29) is 10.8 Å². The van der Waals surface area contributed by atoms with Gasteiger partial charge in [-0.05, 0) is 36.6 Å². The van der Waals surface area contributed by atoms with Crippen LogP contribution in [0.5, 0.6) is 0 Å². The molecule has 0 aliphatic rings. The van der Waals surface area contributed by atoms with Crippen molar-refractivity contribution < 1.29 is 18.3 Å². The number of aliphatic carboxylic acids is 1. The Kier molecular flexibility index (Phi) is 5.11. The second-order valence-corrected chi connectivity index (χ2v) is 7.16. The van der Waals surface area contributed by atoms with Gasteiger partial charge in [0.1, 0.15) is 6.04 Å². The molecule has 2 N–H and O–H groups in total. The molecule has 1 atom stereocenters. The summed E-state index contributed by atoms with van der Waals surface area (Å²) in [6, 6.07) is 3.40. The Morgan fingerprint density at radius 2 is 1.95 bits per heavy atom. The monoisotopic (exact) mass is 349 g/mol. The Bertz CT molecular complexity index is 583. The van der Waals surface area contributed by atoms with E-state index in [9.17, 15) is 13.2 Å². The normalized spacial score (nSPS) is 13.5. The topological polar surface area (TPSA) is 83.5 Å². The molecule has 0 saturated heterocycles. The highest BCUT2D eigenvalue weighted by Gasteiger charge is 2.28. The number of hydrogen-bond donors (Lipinski definition) is 2. The maximum atomic E-state index is 12.1. The molecule has 19 heavy (non-hydrogen) atoms. The number of carboxylic acids is 1. The number of aryl methyl sites for hydroxylation is 1. The van der Waals surface area contributed by atoms with Crippen LogP contribution in [0.2, 0.25) is 0 Å². The molecule has 0 aliphatic heterocycles. The molecule has 0 radical (unpaired) electrons. The SMILES string of the molecule is Cc1cc(S(=O)(=O)N[C@H](C(=O)O)C(C)C)ccc1Br. The second kappa shape index (κ2) is 6.02. The van der Waals surface area contributed by atoms with E-state index >= 15 is 0 Å². The van der Waals surface area contributed by atoms with Gasteiger partial charge < -0.3 is 5.11 Å². The average Bonchev–Trinajstić information content (AvgIpc) is 2.28. The van der Waals surface area contributed by atoms with Gasteiger partial charge in [-0.25, -0.2) is 8.42 Å². The molecule has 106 valence electrons. The van der Waals surface area contributed by atoms with E-state index in [0.29, 0.717) is 0 Å². The fraction of sp³-hybridized carbons (Fsp3) is 0.417. The summed E-state index contributed by atoms with van der Waals surface area (Å²) in [6.07, 6.45) is 0. The summed E-state index contributed by atoms with van der Waals surface area (Å²) >= 11 is 3.28. The Morgan fingerprint density at radius 3 is 2.37 bits per heavy atom. The number of carboxylic acid groups (broad SMARTS) is 1. The summed E-state index contributed by atoms with van der Waals surface area (Å²) in [5, 5.41) is 9.02. The molecule has 1 aromatic carbocycles. The van der Waals surface area contributed by atoms with Gasteiger partial charge in [0.05, 0.1) is 4.90 Å². The van der Waals surface area contributed by atoms with Gasteiger partial charge in [0.15, 0.2) is 0 Å². The number of sulfonamides is 1. The lowest BCUT2D eigenvalue weighted by molar-refractivity contribution is -0.140. The predicted molar refractivity (Wildman–Crippen MR) is 75.5 cm³/mol. The molecule has 0 fully saturated rings. The first-order valence-corrected chi connectivity index (χ1v) is 7.94. The second-order valence-electron chi connectivity index (χ2n) is 4.59. The fourth-order valence-corrected chi connectivity index (χ4v) is 3.16. The van der Waals surface area contributed by atoms with Crippen molar-refractivity contribution in [2.45, 2.75) is 31.7 Å². The van der Waals surface area contributed by atoms with Crippen molar-refractivity contribution in [3.63, 3.8) is 0 Å². The molecule has 0 amide bonds. The van der Waals surface area contributed by atoms with Gasteiger partial charge >= 0.3 is 5.97 Å². The maximum absolute atomic E-state index is 12.1. The number of halogens is 1. The predicted octanol–water partition coefficient (Wildman–Crippen LogP) is 2.15. The van der Waals surface area contributed by atoms with Gasteiger partial charge in [0, 0.05) is 4.47 Å². The fourth-order valence-electron chi connectivity index (χ4n) is 1.49. The van der Waals surface area contributed by atoms with Crippen molar-refractivity contribution in [2.24, 2.45) is 5.92 Å². The van der Waals surface area contributed by atoms with Gasteiger partial charge in [-0.1, -0.05) is 29.8 Å². The number of nitrogens with one attached hydrogen (secondary N) is 1. The molecular weight excluding hydrogens is 334 g/mol. The zero-order valence-corrected chi connectivity index (χ0v) is 13.2. The minimum atomic E-state index is -3.84. The molecule has 1 rings (SSSR count). The van der Waals surface area contributed by atoms with Crippen LogP contribution >= 0.6 is 15.9 Å². The van der Waals surface area contributed by atoms with Crippen molar-refractivity contribution >= 4 is 31.9 Å². The van der Waals surface area contributed by atoms with Gasteiger partial charge in [-0.15, -0.1) is 0 Å². The average molecular weight is 350 g/mol. The van der Waals surface area contributed by atoms with Crippen LogP contribution in [0.25, 0.3) is 0 Å². The van der Waals surface area contributed by atoms with E-state index in [1.165, 1.54) is 12.1 Å². The smallest absolute Gasteiger partial charge is 0.322 e. The van der Waals surface area contributed by atoms with E-state index in [1.807, 2.05) is 0 Å². The van der Waals surface area contributed by atoms with Gasteiger partial charge in [-0.3, -0.25) is 4.79 Å². The van der Waals surface area contributed by atoms with Crippen LogP contribution < -0.4 is 4.72 Å². The third kappa shape index (κ3) is 4.02. The molecule has 0 saturated carbocycles. The van der Waals surface area contributed by atoms with Gasteiger partial charge in [0.25, 0.3) is 0 Å². The van der Waals surface area contributed by atoms with Crippen LogP contribution in [0.4, 0.5) is 0 Å². The van der Waals surface area contributed by atoms with Crippen molar-refractivity contribution in [1.82, 2.24) is 4.72 Å². The molecule has 0 aliphatic carbocycles. The Balaban J connectivity index is 3.10. The van der Waals surface area contributed by atoms with Gasteiger partial charge in [-0.2, -0.15) is 4.72 Å². The first-order chi connectivity index (χ1) is 8.65. The minimum Gasteiger partial charge on any atom is -0.480 e. The largest absolute Gasteiger partial charge is 0.480 e. The highest BCUT2D eigenvalue weighted by atomic mass is 79.9. The Hall–Kier alpha value is -0.920. The molecule has 0 unspecified atom stereocenters. The molecule has 7 heteroatoms. The number of carbonyl (C=O) groups is 1. The summed E-state index contributed by atoms with van der Waals surface area (Å²) in [7, 11) is -3.84. The zero-order chi connectivity index (χ0) is 14.8. The lowest BCUT2D eigenvalue weighted by Crippen LogP contribution is -2.44. The zero-order valence-electron chi connectivity index (χ0n) is 10.8. The highest BCUT2D eigenvalue weighted by Crippen LogP contribution is 2.20. The van der Waals surface area contributed by atoms with E-state index in [1.54, 1.807) is 26.8 Å². The summed E-state index contributed by atoms with van der Waals surface area (Å²) in [5.74, 6) is -1.53. The molecule has 0 heterocycles. The van der Waals surface area contributed by atoms with Gasteiger partial charge in [0.2, 0.25) is 10.0 Å². The van der Waals surface area contributed by atoms with Crippen LogP contribution in [-0.2, 0) is 14.8 Å². The highest BCUT2D eigenvalue weighted by molar-refractivity contribution is 9.10. The number of benzene rings is 1. The van der Waals surface area contributed by atoms with E-state index in [2.05, 4.69) is 20.7 Å². The molecule has 5 nitrogen and oxygen atoms in total. The number of rotatable bonds is 5. The minimum absolute atomic E-state index is 0.0556. The Labute approximate surface area is 121 Å². The lowest BCUT2D eigenvalue weighted by Gasteiger charge is -2.18. The van der Waals surface area contributed by atoms with Crippen molar-refractivity contribution in [1.29, 1.82) is 0 Å². The third-order valence-corrected chi connectivity index (χ3v) is 4.98. The summed E-state index contributed by atoms with van der Waals surface area (Å²) in [5.41, 5.74) is 0.763. The molecule has 0 bridgehead atoms. The Morgan fingerprint density at radius 1 is 1.37 bits per heavy atom. The molecule has 0 spiro atoms. The van der Waals surface area contributed by atoms with Crippen molar-refractivity contribution in [3.8, 4) is 0 Å². The van der Waals surface area contributed by atoms with Crippen LogP contribution in [-0.4, -0.2) is 25.5 Å². The maximum Gasteiger partial charge on any atom is 0.322 e. The number of hydrogen-bond acceptors (Lipinski definition) is 3. The van der Waals surface area contributed by atoms with Crippen LogP contribution in [0.1, 0.15) is 19.4 Å². The summed E-state index contributed by atoms with van der Waals surface area (Å²) in [4.78, 5) is 11.1.